The smallest absolute Gasteiger partial charge is 0.251 e. The second kappa shape index (κ2) is 7.87. The van der Waals surface area contributed by atoms with Gasteiger partial charge in [0.05, 0.1) is 11.4 Å². The van der Waals surface area contributed by atoms with Gasteiger partial charge in [0.1, 0.15) is 5.82 Å². The molecule has 0 spiro atoms. The highest BCUT2D eigenvalue weighted by Crippen LogP contribution is 2.27. The number of carbonyl (C=O) groups is 1. The lowest BCUT2D eigenvalue weighted by atomic mass is 9.94. The first-order chi connectivity index (χ1) is 13.8. The lowest BCUT2D eigenvalue weighted by molar-refractivity contribution is 0.0949. The number of hydrogen-bond acceptors (Lipinski definition) is 5. The minimum absolute atomic E-state index is 0.162. The Labute approximate surface area is 171 Å². The molecule has 1 aromatic heterocycles. The molecule has 0 unspecified atom stereocenters. The molecule has 0 radical (unpaired) electrons. The highest BCUT2D eigenvalue weighted by atomic mass is 32.2. The molecule has 3 heterocycles. The van der Waals surface area contributed by atoms with E-state index in [2.05, 4.69) is 29.4 Å². The van der Waals surface area contributed by atoms with Crippen molar-refractivity contribution in [1.82, 2.24) is 24.4 Å². The van der Waals surface area contributed by atoms with Gasteiger partial charge in [-0.2, -0.15) is 4.31 Å². The van der Waals surface area contributed by atoms with Gasteiger partial charge >= 0.3 is 0 Å². The molecule has 1 aromatic carbocycles. The Hall–Kier alpha value is -2.26. The Balaban J connectivity index is 1.48. The zero-order valence-electron chi connectivity index (χ0n) is 16.8. The van der Waals surface area contributed by atoms with E-state index in [4.69, 9.17) is 0 Å². The Morgan fingerprint density at radius 1 is 1.21 bits per heavy atom. The lowest BCUT2D eigenvalue weighted by Gasteiger charge is -2.34. The molecule has 0 bridgehead atoms. The van der Waals surface area contributed by atoms with Crippen LogP contribution in [0, 0.1) is 11.8 Å². The fourth-order valence-corrected chi connectivity index (χ4v) is 6.08. The summed E-state index contributed by atoms with van der Waals surface area (Å²) in [6, 6.07) is 6.27. The first-order valence-electron chi connectivity index (χ1n) is 10.1. The molecule has 29 heavy (non-hydrogen) atoms. The van der Waals surface area contributed by atoms with Crippen LogP contribution in [-0.2, 0) is 29.5 Å². The van der Waals surface area contributed by atoms with Gasteiger partial charge in [-0.25, -0.2) is 8.42 Å². The number of piperidine rings is 1. The molecular formula is C20H27N5O3S. The maximum atomic E-state index is 13.1. The summed E-state index contributed by atoms with van der Waals surface area (Å²) in [5.41, 5.74) is 0.324. The SMILES string of the molecule is C[C@H]1C[C@H](C)CN(S(=O)(=O)c2cccc(C(=O)NCc3nnc4n3CCC4)c2)C1. The number of aromatic nitrogens is 3. The summed E-state index contributed by atoms with van der Waals surface area (Å²) in [5.74, 6) is 2.01. The lowest BCUT2D eigenvalue weighted by Crippen LogP contribution is -2.42. The molecule has 2 aliphatic heterocycles. The van der Waals surface area contributed by atoms with E-state index >= 15 is 0 Å². The van der Waals surface area contributed by atoms with Crippen LogP contribution >= 0.6 is 0 Å². The molecule has 2 aliphatic rings. The quantitative estimate of drug-likeness (QED) is 0.800. The third kappa shape index (κ3) is 4.06. The van der Waals surface area contributed by atoms with Crippen molar-refractivity contribution in [1.29, 1.82) is 0 Å². The molecular weight excluding hydrogens is 390 g/mol. The fraction of sp³-hybridized carbons (Fsp3) is 0.550. The van der Waals surface area contributed by atoms with Crippen LogP contribution in [0.25, 0.3) is 0 Å². The molecule has 8 nitrogen and oxygen atoms in total. The Morgan fingerprint density at radius 3 is 2.72 bits per heavy atom. The average Bonchev–Trinajstić information content (AvgIpc) is 3.29. The van der Waals surface area contributed by atoms with Crippen molar-refractivity contribution < 1.29 is 13.2 Å². The van der Waals surface area contributed by atoms with Crippen molar-refractivity contribution in [3.05, 3.63) is 41.5 Å². The van der Waals surface area contributed by atoms with Crippen LogP contribution in [0.1, 0.15) is 48.7 Å². The first-order valence-corrected chi connectivity index (χ1v) is 11.6. The van der Waals surface area contributed by atoms with E-state index in [1.807, 2.05) is 4.57 Å². The third-order valence-electron chi connectivity index (χ3n) is 5.66. The normalized spacial score (nSPS) is 22.4. The van der Waals surface area contributed by atoms with Gasteiger partial charge in [0.15, 0.2) is 5.82 Å². The van der Waals surface area contributed by atoms with Gasteiger partial charge in [-0.1, -0.05) is 19.9 Å². The van der Waals surface area contributed by atoms with E-state index in [0.717, 1.165) is 37.5 Å². The van der Waals surface area contributed by atoms with Gasteiger partial charge in [0, 0.05) is 31.6 Å². The van der Waals surface area contributed by atoms with E-state index in [0.29, 0.717) is 30.5 Å². The predicted octanol–water partition coefficient (Wildman–Crippen LogP) is 1.82. The van der Waals surface area contributed by atoms with E-state index in [9.17, 15) is 13.2 Å². The summed E-state index contributed by atoms with van der Waals surface area (Å²) >= 11 is 0. The van der Waals surface area contributed by atoms with Crippen LogP contribution in [0.15, 0.2) is 29.2 Å². The van der Waals surface area contributed by atoms with Crippen LogP contribution in [0.5, 0.6) is 0 Å². The molecule has 1 saturated heterocycles. The minimum Gasteiger partial charge on any atom is -0.345 e. The van der Waals surface area contributed by atoms with Crippen molar-refractivity contribution in [2.45, 2.75) is 51.1 Å². The Kier molecular flexibility index (Phi) is 5.44. The summed E-state index contributed by atoms with van der Waals surface area (Å²) < 4.78 is 29.8. The molecule has 1 amide bonds. The number of sulfonamides is 1. The van der Waals surface area contributed by atoms with Crippen molar-refractivity contribution in [2.75, 3.05) is 13.1 Å². The molecule has 1 fully saturated rings. The molecule has 2 atom stereocenters. The molecule has 9 heteroatoms. The molecule has 0 saturated carbocycles. The summed E-state index contributed by atoms with van der Waals surface area (Å²) in [4.78, 5) is 12.8. The number of rotatable bonds is 5. The number of amides is 1. The van der Waals surface area contributed by atoms with Crippen LogP contribution in [-0.4, -0.2) is 46.5 Å². The van der Waals surface area contributed by atoms with E-state index in [1.54, 1.807) is 22.5 Å². The Morgan fingerprint density at radius 2 is 1.97 bits per heavy atom. The van der Waals surface area contributed by atoms with Crippen molar-refractivity contribution in [3.8, 4) is 0 Å². The first kappa shape index (κ1) is 20.0. The summed E-state index contributed by atoms with van der Waals surface area (Å²) in [7, 11) is -3.62. The van der Waals surface area contributed by atoms with Gasteiger partial charge in [-0.3, -0.25) is 4.79 Å². The zero-order valence-corrected chi connectivity index (χ0v) is 17.7. The largest absolute Gasteiger partial charge is 0.345 e. The fourth-order valence-electron chi connectivity index (χ4n) is 4.35. The van der Waals surface area contributed by atoms with Crippen LogP contribution < -0.4 is 5.32 Å². The van der Waals surface area contributed by atoms with Gasteiger partial charge in [-0.05, 0) is 42.9 Å². The number of benzene rings is 1. The number of nitrogens with zero attached hydrogens (tertiary/aromatic N) is 4. The van der Waals surface area contributed by atoms with E-state index in [-0.39, 0.29) is 17.3 Å². The summed E-state index contributed by atoms with van der Waals surface area (Å²) in [6.07, 6.45) is 2.98. The van der Waals surface area contributed by atoms with Crippen molar-refractivity contribution >= 4 is 15.9 Å². The van der Waals surface area contributed by atoms with Crippen molar-refractivity contribution in [3.63, 3.8) is 0 Å². The third-order valence-corrected chi connectivity index (χ3v) is 7.49. The van der Waals surface area contributed by atoms with Crippen LogP contribution in [0.2, 0.25) is 0 Å². The summed E-state index contributed by atoms with van der Waals surface area (Å²) in [5, 5.41) is 11.1. The van der Waals surface area contributed by atoms with Gasteiger partial charge < -0.3 is 9.88 Å². The maximum Gasteiger partial charge on any atom is 0.251 e. The van der Waals surface area contributed by atoms with E-state index in [1.165, 1.54) is 6.07 Å². The molecule has 2 aromatic rings. The Bertz CT molecular complexity index is 1010. The number of carbonyl (C=O) groups excluding carboxylic acids is 1. The van der Waals surface area contributed by atoms with Gasteiger partial charge in [0.25, 0.3) is 5.91 Å². The molecule has 156 valence electrons. The van der Waals surface area contributed by atoms with Gasteiger partial charge in [-0.15, -0.1) is 10.2 Å². The summed E-state index contributed by atoms with van der Waals surface area (Å²) in [6.45, 7) is 6.31. The highest BCUT2D eigenvalue weighted by molar-refractivity contribution is 7.89. The maximum absolute atomic E-state index is 13.1. The van der Waals surface area contributed by atoms with Crippen LogP contribution in [0.4, 0.5) is 0 Å². The number of fused-ring (bicyclic) bond motifs is 1. The highest BCUT2D eigenvalue weighted by Gasteiger charge is 2.32. The van der Waals surface area contributed by atoms with Crippen LogP contribution in [0.3, 0.4) is 0 Å². The topological polar surface area (TPSA) is 97.2 Å². The predicted molar refractivity (Wildman–Crippen MR) is 108 cm³/mol. The monoisotopic (exact) mass is 417 g/mol. The number of aryl methyl sites for hydroxylation is 1. The minimum atomic E-state index is -3.62. The standard InChI is InChI=1S/C20H27N5O3S/c1-14-9-15(2)13-24(12-14)29(27,28)17-6-3-5-16(10-17)20(26)21-11-19-23-22-18-7-4-8-25(18)19/h3,5-6,10,14-15H,4,7-9,11-13H2,1-2H3,(H,21,26)/t14-,15-/m0/s1. The second-order valence-corrected chi connectivity index (χ2v) is 10.2. The zero-order chi connectivity index (χ0) is 20.6. The second-order valence-electron chi connectivity index (χ2n) is 8.27. The van der Waals surface area contributed by atoms with E-state index < -0.39 is 10.0 Å². The van der Waals surface area contributed by atoms with Gasteiger partial charge in [0.2, 0.25) is 10.0 Å². The molecule has 0 aliphatic carbocycles. The van der Waals surface area contributed by atoms with Crippen molar-refractivity contribution in [2.24, 2.45) is 11.8 Å². The molecule has 4 rings (SSSR count). The number of nitrogens with one attached hydrogen (secondary N) is 1. The number of hydrogen-bond donors (Lipinski definition) is 1. The molecule has 1 N–H and O–H groups in total. The average molecular weight is 418 g/mol.